The molecule has 0 spiro atoms. The van der Waals surface area contributed by atoms with Crippen molar-refractivity contribution >= 4 is 41.5 Å². The Morgan fingerprint density at radius 1 is 1.29 bits per heavy atom. The third kappa shape index (κ3) is 5.94. The number of hydrogen-bond donors (Lipinski definition) is 1. The number of carbonyl (C=O) groups is 1. The maximum Gasteiger partial charge on any atom is 0.253 e. The van der Waals surface area contributed by atoms with Gasteiger partial charge in [0.2, 0.25) is 0 Å². The first-order valence-electron chi connectivity index (χ1n) is 7.88. The molecule has 6 nitrogen and oxygen atoms in total. The van der Waals surface area contributed by atoms with Crippen molar-refractivity contribution in [3.8, 4) is 0 Å². The van der Waals surface area contributed by atoms with Crippen molar-refractivity contribution in [1.29, 1.82) is 0 Å². The van der Waals surface area contributed by atoms with Gasteiger partial charge in [-0.3, -0.25) is 4.79 Å². The minimum Gasteiger partial charge on any atom is -0.368 e. The first kappa shape index (κ1) is 20.7. The van der Waals surface area contributed by atoms with Gasteiger partial charge in [-0.25, -0.2) is 4.99 Å². The highest BCUT2D eigenvalue weighted by Crippen LogP contribution is 2.16. The summed E-state index contributed by atoms with van der Waals surface area (Å²) in [6.07, 6.45) is 1.43. The van der Waals surface area contributed by atoms with Crippen LogP contribution in [0.4, 0.5) is 5.69 Å². The average Bonchev–Trinajstić information content (AvgIpc) is 3.01. The van der Waals surface area contributed by atoms with E-state index in [2.05, 4.69) is 10.3 Å². The van der Waals surface area contributed by atoms with Gasteiger partial charge < -0.3 is 19.9 Å². The van der Waals surface area contributed by atoms with Gasteiger partial charge >= 0.3 is 0 Å². The van der Waals surface area contributed by atoms with Gasteiger partial charge in [0.15, 0.2) is 5.96 Å². The standard InChI is InChI=1S/C17H26N4O2.HI/c1-20(2)17(21(3)4)18-12-13-7-5-8-14(11-13)19-16(22)15-9-6-10-23-15;/h5,7-8,11,15H,6,9-10,12H2,1-4H3,(H,19,22);1H. The SMILES string of the molecule is CN(C)C(=NCc1cccc(NC(=O)C2CCCO2)c1)N(C)C.I. The Labute approximate surface area is 161 Å². The molecule has 1 aromatic rings. The molecule has 1 aliphatic rings. The first-order chi connectivity index (χ1) is 11.0. The molecule has 1 amide bonds. The van der Waals surface area contributed by atoms with Crippen LogP contribution < -0.4 is 5.32 Å². The van der Waals surface area contributed by atoms with Crippen LogP contribution in [0.25, 0.3) is 0 Å². The molecule has 1 fully saturated rings. The highest BCUT2D eigenvalue weighted by atomic mass is 127. The number of nitrogens with one attached hydrogen (secondary N) is 1. The van der Waals surface area contributed by atoms with Gasteiger partial charge in [0.1, 0.15) is 6.10 Å². The number of guanidine groups is 1. The third-order valence-electron chi connectivity index (χ3n) is 3.62. The molecule has 7 heteroatoms. The number of nitrogens with zero attached hydrogens (tertiary/aromatic N) is 3. The largest absolute Gasteiger partial charge is 0.368 e. The number of halogens is 1. The Morgan fingerprint density at radius 3 is 2.58 bits per heavy atom. The Morgan fingerprint density at radius 2 is 2.00 bits per heavy atom. The van der Waals surface area contributed by atoms with Crippen molar-refractivity contribution in [2.75, 3.05) is 40.1 Å². The summed E-state index contributed by atoms with van der Waals surface area (Å²) in [4.78, 5) is 20.7. The van der Waals surface area contributed by atoms with Gasteiger partial charge in [0.05, 0.1) is 6.54 Å². The van der Waals surface area contributed by atoms with Crippen molar-refractivity contribution in [3.63, 3.8) is 0 Å². The molecule has 0 aromatic heterocycles. The number of benzene rings is 1. The fourth-order valence-corrected chi connectivity index (χ4v) is 2.60. The minimum atomic E-state index is -0.314. The number of rotatable bonds is 4. The summed E-state index contributed by atoms with van der Waals surface area (Å²) in [6, 6.07) is 7.79. The van der Waals surface area contributed by atoms with Crippen LogP contribution in [0.2, 0.25) is 0 Å². The van der Waals surface area contributed by atoms with Crippen LogP contribution in [-0.2, 0) is 16.1 Å². The number of amides is 1. The molecule has 1 atom stereocenters. The Hall–Kier alpha value is -1.35. The Bertz CT molecular complexity index is 559. The lowest BCUT2D eigenvalue weighted by atomic mass is 10.2. The molecule has 1 aromatic carbocycles. The molecule has 0 bridgehead atoms. The monoisotopic (exact) mass is 446 g/mol. The molecule has 0 saturated carbocycles. The van der Waals surface area contributed by atoms with Gasteiger partial charge in [-0.2, -0.15) is 0 Å². The molecular weight excluding hydrogens is 419 g/mol. The third-order valence-corrected chi connectivity index (χ3v) is 3.62. The summed E-state index contributed by atoms with van der Waals surface area (Å²) < 4.78 is 5.40. The summed E-state index contributed by atoms with van der Waals surface area (Å²) in [5.41, 5.74) is 1.84. The lowest BCUT2D eigenvalue weighted by Crippen LogP contribution is -2.35. The van der Waals surface area contributed by atoms with Crippen LogP contribution >= 0.6 is 24.0 Å². The second-order valence-corrected chi connectivity index (χ2v) is 6.10. The zero-order chi connectivity index (χ0) is 16.8. The minimum absolute atomic E-state index is 0. The fraction of sp³-hybridized carbons (Fsp3) is 0.529. The molecular formula is C17H27IN4O2. The first-order valence-corrected chi connectivity index (χ1v) is 7.88. The summed E-state index contributed by atoms with van der Waals surface area (Å²) in [6.45, 7) is 1.24. The molecule has 0 aliphatic carbocycles. The number of hydrogen-bond acceptors (Lipinski definition) is 3. The molecule has 134 valence electrons. The lowest BCUT2D eigenvalue weighted by Gasteiger charge is -2.22. The highest BCUT2D eigenvalue weighted by Gasteiger charge is 2.23. The van der Waals surface area contributed by atoms with E-state index in [0.29, 0.717) is 13.2 Å². The van der Waals surface area contributed by atoms with E-state index in [4.69, 9.17) is 4.74 Å². The molecule has 24 heavy (non-hydrogen) atoms. The quantitative estimate of drug-likeness (QED) is 0.439. The molecule has 1 unspecified atom stereocenters. The summed E-state index contributed by atoms with van der Waals surface area (Å²) in [7, 11) is 7.88. The maximum absolute atomic E-state index is 12.1. The summed E-state index contributed by atoms with van der Waals surface area (Å²) >= 11 is 0. The van der Waals surface area contributed by atoms with Gasteiger partial charge in [-0.05, 0) is 30.5 Å². The Kier molecular flexibility index (Phi) is 8.47. The predicted octanol–water partition coefficient (Wildman–Crippen LogP) is 2.40. The van der Waals surface area contributed by atoms with E-state index in [1.54, 1.807) is 0 Å². The molecule has 1 N–H and O–H groups in total. The van der Waals surface area contributed by atoms with E-state index < -0.39 is 0 Å². The number of anilines is 1. The van der Waals surface area contributed by atoms with E-state index >= 15 is 0 Å². The predicted molar refractivity (Wildman–Crippen MR) is 108 cm³/mol. The van der Waals surface area contributed by atoms with E-state index in [0.717, 1.165) is 30.1 Å². The van der Waals surface area contributed by atoms with Crippen LogP contribution in [0.5, 0.6) is 0 Å². The molecule has 1 aliphatic heterocycles. The zero-order valence-corrected chi connectivity index (χ0v) is 17.1. The second-order valence-electron chi connectivity index (χ2n) is 6.10. The molecule has 0 radical (unpaired) electrons. The second kappa shape index (κ2) is 9.83. The van der Waals surface area contributed by atoms with E-state index in [1.807, 2.05) is 62.3 Å². The van der Waals surface area contributed by atoms with E-state index in [9.17, 15) is 4.79 Å². The van der Waals surface area contributed by atoms with E-state index in [-0.39, 0.29) is 36.0 Å². The van der Waals surface area contributed by atoms with Gasteiger partial charge in [-0.1, -0.05) is 12.1 Å². The summed E-state index contributed by atoms with van der Waals surface area (Å²) in [5, 5.41) is 2.92. The van der Waals surface area contributed by atoms with Crippen molar-refractivity contribution in [1.82, 2.24) is 9.80 Å². The lowest BCUT2D eigenvalue weighted by molar-refractivity contribution is -0.124. The van der Waals surface area contributed by atoms with Gasteiger partial charge in [-0.15, -0.1) is 24.0 Å². The van der Waals surface area contributed by atoms with Gasteiger partial charge in [0.25, 0.3) is 5.91 Å². The average molecular weight is 446 g/mol. The fourth-order valence-electron chi connectivity index (χ4n) is 2.60. The van der Waals surface area contributed by atoms with Crippen molar-refractivity contribution < 1.29 is 9.53 Å². The van der Waals surface area contributed by atoms with Crippen LogP contribution in [0.3, 0.4) is 0 Å². The van der Waals surface area contributed by atoms with Crippen molar-refractivity contribution in [3.05, 3.63) is 29.8 Å². The molecule has 1 heterocycles. The van der Waals surface area contributed by atoms with Crippen molar-refractivity contribution in [2.24, 2.45) is 4.99 Å². The maximum atomic E-state index is 12.1. The molecule has 2 rings (SSSR count). The topological polar surface area (TPSA) is 57.2 Å². The highest BCUT2D eigenvalue weighted by molar-refractivity contribution is 14.0. The normalized spacial score (nSPS) is 16.1. The zero-order valence-electron chi connectivity index (χ0n) is 14.8. The summed E-state index contributed by atoms with van der Waals surface area (Å²) in [5.74, 6) is 0.837. The van der Waals surface area contributed by atoms with Crippen LogP contribution in [0.15, 0.2) is 29.3 Å². The van der Waals surface area contributed by atoms with Crippen LogP contribution in [0, 0.1) is 0 Å². The van der Waals surface area contributed by atoms with Crippen molar-refractivity contribution in [2.45, 2.75) is 25.5 Å². The number of carbonyl (C=O) groups excluding carboxylic acids is 1. The molecule has 1 saturated heterocycles. The van der Waals surface area contributed by atoms with Crippen LogP contribution in [0.1, 0.15) is 18.4 Å². The smallest absolute Gasteiger partial charge is 0.253 e. The number of aliphatic imine (C=N–C) groups is 1. The number of ether oxygens (including phenoxy) is 1. The Balaban J connectivity index is 0.00000288. The van der Waals surface area contributed by atoms with Crippen LogP contribution in [-0.4, -0.2) is 62.6 Å². The van der Waals surface area contributed by atoms with Gasteiger partial charge in [0, 0.05) is 40.5 Å². The van der Waals surface area contributed by atoms with E-state index in [1.165, 1.54) is 0 Å².